The zero-order valence-electron chi connectivity index (χ0n) is 19.0. The molecule has 0 radical (unpaired) electrons. The van der Waals surface area contributed by atoms with Crippen molar-refractivity contribution in [2.75, 3.05) is 6.61 Å². The number of rotatable bonds is 9. The largest absolute Gasteiger partial charge is 0.481 e. The highest BCUT2D eigenvalue weighted by molar-refractivity contribution is 5.87. The topological polar surface area (TPSA) is 105 Å². The van der Waals surface area contributed by atoms with Crippen LogP contribution < -0.4 is 10.6 Å². The third-order valence-electron chi connectivity index (χ3n) is 6.27. The maximum absolute atomic E-state index is 12.9. The number of hydrogen-bond donors (Lipinski definition) is 3. The average molecular weight is 451 g/mol. The molecule has 0 aliphatic heterocycles. The van der Waals surface area contributed by atoms with Crippen LogP contribution in [0.3, 0.4) is 0 Å². The maximum atomic E-state index is 12.9. The SMILES string of the molecule is CC(C)(CC(=O)O)NC(=O)C(CC1CC1)NC(=O)OCC1c2ccccc2-c2ccccc21. The summed E-state index contributed by atoms with van der Waals surface area (Å²) in [5.74, 6) is -1.06. The van der Waals surface area contributed by atoms with Gasteiger partial charge in [0.25, 0.3) is 0 Å². The first-order valence-corrected chi connectivity index (χ1v) is 11.4. The Morgan fingerprint density at radius 3 is 2.15 bits per heavy atom. The van der Waals surface area contributed by atoms with E-state index in [0.29, 0.717) is 12.3 Å². The molecule has 2 aromatic carbocycles. The van der Waals surface area contributed by atoms with Crippen LogP contribution in [0.15, 0.2) is 48.5 Å². The van der Waals surface area contributed by atoms with Crippen molar-refractivity contribution in [2.24, 2.45) is 5.92 Å². The second-order valence-electron chi connectivity index (χ2n) is 9.65. The molecular formula is C26H30N2O5. The molecule has 1 unspecified atom stereocenters. The molecule has 3 N–H and O–H groups in total. The number of nitrogens with one attached hydrogen (secondary N) is 2. The Balaban J connectivity index is 1.40. The molecule has 2 amide bonds. The molecule has 4 rings (SSSR count). The maximum Gasteiger partial charge on any atom is 0.407 e. The van der Waals surface area contributed by atoms with Crippen LogP contribution in [0.5, 0.6) is 0 Å². The minimum absolute atomic E-state index is 0.0617. The van der Waals surface area contributed by atoms with Gasteiger partial charge in [-0.15, -0.1) is 0 Å². The van der Waals surface area contributed by atoms with Crippen molar-refractivity contribution in [3.63, 3.8) is 0 Å². The van der Waals surface area contributed by atoms with E-state index in [4.69, 9.17) is 9.84 Å². The van der Waals surface area contributed by atoms with Gasteiger partial charge in [-0.05, 0) is 48.4 Å². The van der Waals surface area contributed by atoms with E-state index in [1.165, 1.54) is 0 Å². The summed E-state index contributed by atoms with van der Waals surface area (Å²) in [5.41, 5.74) is 3.61. The Morgan fingerprint density at radius 1 is 1.03 bits per heavy atom. The predicted molar refractivity (Wildman–Crippen MR) is 124 cm³/mol. The third kappa shape index (κ3) is 5.53. The fraction of sp³-hybridized carbons (Fsp3) is 0.423. The van der Waals surface area contributed by atoms with Gasteiger partial charge in [-0.25, -0.2) is 4.79 Å². The number of ether oxygens (including phenoxy) is 1. The lowest BCUT2D eigenvalue weighted by atomic mass is 9.98. The van der Waals surface area contributed by atoms with Gasteiger partial charge in [-0.3, -0.25) is 9.59 Å². The number of alkyl carbamates (subject to hydrolysis) is 1. The molecule has 2 aliphatic carbocycles. The number of amides is 2. The Labute approximate surface area is 193 Å². The molecule has 1 saturated carbocycles. The Kier molecular flexibility index (Phi) is 6.40. The smallest absolute Gasteiger partial charge is 0.407 e. The number of aliphatic carboxylic acids is 1. The zero-order chi connectivity index (χ0) is 23.6. The molecule has 0 aromatic heterocycles. The van der Waals surface area contributed by atoms with Crippen LogP contribution >= 0.6 is 0 Å². The van der Waals surface area contributed by atoms with Gasteiger partial charge in [0, 0.05) is 11.5 Å². The second-order valence-corrected chi connectivity index (χ2v) is 9.65. The monoisotopic (exact) mass is 450 g/mol. The van der Waals surface area contributed by atoms with Gasteiger partial charge in [0.1, 0.15) is 12.6 Å². The molecular weight excluding hydrogens is 420 g/mol. The number of benzene rings is 2. The first-order valence-electron chi connectivity index (χ1n) is 11.4. The van der Waals surface area contributed by atoms with Crippen molar-refractivity contribution in [2.45, 2.75) is 57.0 Å². The molecule has 0 bridgehead atoms. The third-order valence-corrected chi connectivity index (χ3v) is 6.27. The normalized spacial score (nSPS) is 15.8. The fourth-order valence-electron chi connectivity index (χ4n) is 4.54. The molecule has 7 heteroatoms. The van der Waals surface area contributed by atoms with Gasteiger partial charge in [0.2, 0.25) is 5.91 Å². The highest BCUT2D eigenvalue weighted by Gasteiger charge is 2.34. The van der Waals surface area contributed by atoms with E-state index in [2.05, 4.69) is 34.9 Å². The van der Waals surface area contributed by atoms with Crippen LogP contribution in [0.2, 0.25) is 0 Å². The van der Waals surface area contributed by atoms with Gasteiger partial charge in [0.05, 0.1) is 6.42 Å². The van der Waals surface area contributed by atoms with Crippen LogP contribution in [0.25, 0.3) is 11.1 Å². The highest BCUT2D eigenvalue weighted by Crippen LogP contribution is 2.44. The minimum Gasteiger partial charge on any atom is -0.481 e. The van der Waals surface area contributed by atoms with E-state index >= 15 is 0 Å². The second kappa shape index (κ2) is 9.25. The molecule has 2 aliphatic rings. The van der Waals surface area contributed by atoms with Crippen LogP contribution in [-0.4, -0.2) is 41.3 Å². The predicted octanol–water partition coefficient (Wildman–Crippen LogP) is 4.06. The first-order chi connectivity index (χ1) is 15.7. The summed E-state index contributed by atoms with van der Waals surface area (Å²) in [6, 6.07) is 15.4. The standard InChI is InChI=1S/C26H30N2O5/c1-26(2,14-23(29)30)28-24(31)22(13-16-11-12-16)27-25(32)33-15-21-19-9-5-3-7-17(19)18-8-4-6-10-20(18)21/h3-10,16,21-22H,11-15H2,1-2H3,(H,27,32)(H,28,31)(H,29,30). The zero-order valence-corrected chi connectivity index (χ0v) is 19.0. The van der Waals surface area contributed by atoms with Crippen LogP contribution in [0, 0.1) is 5.92 Å². The summed E-state index contributed by atoms with van der Waals surface area (Å²) in [5, 5.41) is 14.5. The van der Waals surface area contributed by atoms with E-state index in [1.54, 1.807) is 13.8 Å². The summed E-state index contributed by atoms with van der Waals surface area (Å²) in [7, 11) is 0. The Morgan fingerprint density at radius 2 is 1.61 bits per heavy atom. The van der Waals surface area contributed by atoms with Crippen molar-refractivity contribution in [1.29, 1.82) is 0 Å². The molecule has 33 heavy (non-hydrogen) atoms. The summed E-state index contributed by atoms with van der Waals surface area (Å²) in [6.07, 6.45) is 1.70. The van der Waals surface area contributed by atoms with E-state index in [1.807, 2.05) is 24.3 Å². The lowest BCUT2D eigenvalue weighted by Gasteiger charge is -2.28. The molecule has 0 spiro atoms. The quantitative estimate of drug-likeness (QED) is 0.534. The van der Waals surface area contributed by atoms with Gasteiger partial charge in [-0.1, -0.05) is 61.4 Å². The summed E-state index contributed by atoms with van der Waals surface area (Å²) >= 11 is 0. The number of carboxylic acid groups (broad SMARTS) is 1. The van der Waals surface area contributed by atoms with Crippen LogP contribution in [-0.2, 0) is 14.3 Å². The summed E-state index contributed by atoms with van der Waals surface area (Å²) in [4.78, 5) is 36.6. The van der Waals surface area contributed by atoms with Crippen molar-refractivity contribution in [3.05, 3.63) is 59.7 Å². The average Bonchev–Trinajstić information content (AvgIpc) is 3.51. The molecule has 0 saturated heterocycles. The van der Waals surface area contributed by atoms with Crippen molar-refractivity contribution in [1.82, 2.24) is 10.6 Å². The summed E-state index contributed by atoms with van der Waals surface area (Å²) in [6.45, 7) is 3.48. The number of carboxylic acids is 1. The molecule has 7 nitrogen and oxygen atoms in total. The van der Waals surface area contributed by atoms with Crippen molar-refractivity contribution in [3.8, 4) is 11.1 Å². The number of fused-ring (bicyclic) bond motifs is 3. The van der Waals surface area contributed by atoms with E-state index in [-0.39, 0.29) is 24.9 Å². The van der Waals surface area contributed by atoms with Crippen LogP contribution in [0.4, 0.5) is 4.79 Å². The van der Waals surface area contributed by atoms with E-state index < -0.39 is 23.6 Å². The molecule has 174 valence electrons. The molecule has 2 aromatic rings. The summed E-state index contributed by atoms with van der Waals surface area (Å²) < 4.78 is 5.59. The van der Waals surface area contributed by atoms with Crippen LogP contribution in [0.1, 0.15) is 56.6 Å². The van der Waals surface area contributed by atoms with Gasteiger partial charge in [0.15, 0.2) is 0 Å². The molecule has 1 atom stereocenters. The van der Waals surface area contributed by atoms with Gasteiger partial charge >= 0.3 is 12.1 Å². The Bertz CT molecular complexity index is 1010. The lowest BCUT2D eigenvalue weighted by Crippen LogP contribution is -2.54. The van der Waals surface area contributed by atoms with Gasteiger partial charge < -0.3 is 20.5 Å². The number of carbonyl (C=O) groups excluding carboxylic acids is 2. The number of hydrogen-bond acceptors (Lipinski definition) is 4. The van der Waals surface area contributed by atoms with E-state index in [9.17, 15) is 14.4 Å². The lowest BCUT2D eigenvalue weighted by molar-refractivity contribution is -0.138. The van der Waals surface area contributed by atoms with Gasteiger partial charge in [-0.2, -0.15) is 0 Å². The molecule has 0 heterocycles. The molecule has 1 fully saturated rings. The first kappa shape index (κ1) is 22.8. The van der Waals surface area contributed by atoms with Crippen molar-refractivity contribution < 1.29 is 24.2 Å². The highest BCUT2D eigenvalue weighted by atomic mass is 16.5. The number of carbonyl (C=O) groups is 3. The Hall–Kier alpha value is -3.35. The van der Waals surface area contributed by atoms with Crippen molar-refractivity contribution >= 4 is 18.0 Å². The van der Waals surface area contributed by atoms with E-state index in [0.717, 1.165) is 35.1 Å². The fourth-order valence-corrected chi connectivity index (χ4v) is 4.54. The minimum atomic E-state index is -0.997.